The Hall–Kier alpha value is -2.93. The molecule has 7 nitrogen and oxygen atoms in total. The van der Waals surface area contributed by atoms with Crippen LogP contribution in [0.25, 0.3) is 0 Å². The molecule has 126 valence electrons. The SMILES string of the molecule is Cc1ccc(Oc2cccc(C(=O)NCC(C)O)c2)c([N+](=O)[O-])c1. The third-order valence-corrected chi connectivity index (χ3v) is 3.19. The number of carbonyl (C=O) groups excluding carboxylic acids is 1. The molecule has 0 saturated heterocycles. The molecule has 2 rings (SSSR count). The summed E-state index contributed by atoms with van der Waals surface area (Å²) in [5.41, 5.74) is 0.946. The van der Waals surface area contributed by atoms with Crippen LogP contribution in [0.5, 0.6) is 11.5 Å². The van der Waals surface area contributed by atoms with E-state index < -0.39 is 11.0 Å². The van der Waals surface area contributed by atoms with Gasteiger partial charge in [0.1, 0.15) is 5.75 Å². The van der Waals surface area contributed by atoms with Gasteiger partial charge in [-0.1, -0.05) is 12.1 Å². The predicted octanol–water partition coefficient (Wildman–Crippen LogP) is 2.81. The summed E-state index contributed by atoms with van der Waals surface area (Å²) < 4.78 is 5.57. The Morgan fingerprint density at radius 1 is 1.33 bits per heavy atom. The second kappa shape index (κ2) is 7.56. The quantitative estimate of drug-likeness (QED) is 0.626. The van der Waals surface area contributed by atoms with E-state index in [0.717, 1.165) is 5.56 Å². The molecular formula is C17H18N2O5. The first-order chi connectivity index (χ1) is 11.4. The number of carbonyl (C=O) groups is 1. The van der Waals surface area contributed by atoms with Gasteiger partial charge >= 0.3 is 5.69 Å². The molecule has 0 aromatic heterocycles. The minimum absolute atomic E-state index is 0.104. The molecule has 0 heterocycles. The third-order valence-electron chi connectivity index (χ3n) is 3.19. The van der Waals surface area contributed by atoms with Crippen LogP contribution in [-0.2, 0) is 0 Å². The van der Waals surface area contributed by atoms with Crippen molar-refractivity contribution in [2.75, 3.05) is 6.54 Å². The molecule has 0 aliphatic heterocycles. The highest BCUT2D eigenvalue weighted by molar-refractivity contribution is 5.94. The maximum atomic E-state index is 12.0. The minimum Gasteiger partial charge on any atom is -0.450 e. The van der Waals surface area contributed by atoms with E-state index in [-0.39, 0.29) is 23.9 Å². The molecule has 7 heteroatoms. The molecule has 2 N–H and O–H groups in total. The summed E-state index contributed by atoms with van der Waals surface area (Å²) in [7, 11) is 0. The molecule has 0 spiro atoms. The average Bonchev–Trinajstić information content (AvgIpc) is 2.54. The topological polar surface area (TPSA) is 102 Å². The van der Waals surface area contributed by atoms with E-state index in [9.17, 15) is 20.0 Å². The van der Waals surface area contributed by atoms with E-state index in [0.29, 0.717) is 11.3 Å². The lowest BCUT2D eigenvalue weighted by Crippen LogP contribution is -2.30. The molecule has 0 saturated carbocycles. The molecule has 1 atom stereocenters. The first-order valence-electron chi connectivity index (χ1n) is 7.36. The van der Waals surface area contributed by atoms with Crippen LogP contribution in [0.3, 0.4) is 0 Å². The molecule has 2 aromatic carbocycles. The summed E-state index contributed by atoms with van der Waals surface area (Å²) in [4.78, 5) is 22.6. The molecular weight excluding hydrogens is 312 g/mol. The van der Waals surface area contributed by atoms with Crippen LogP contribution in [0.1, 0.15) is 22.8 Å². The Morgan fingerprint density at radius 3 is 2.75 bits per heavy atom. The highest BCUT2D eigenvalue weighted by Crippen LogP contribution is 2.32. The van der Waals surface area contributed by atoms with Crippen LogP contribution in [0, 0.1) is 17.0 Å². The summed E-state index contributed by atoms with van der Waals surface area (Å²) in [6.45, 7) is 3.45. The largest absolute Gasteiger partial charge is 0.450 e. The Balaban J connectivity index is 2.21. The van der Waals surface area contributed by atoms with Gasteiger partial charge in [-0.3, -0.25) is 14.9 Å². The minimum atomic E-state index is -0.649. The zero-order chi connectivity index (χ0) is 17.7. The van der Waals surface area contributed by atoms with E-state index in [4.69, 9.17) is 4.74 Å². The van der Waals surface area contributed by atoms with E-state index in [2.05, 4.69) is 5.32 Å². The van der Waals surface area contributed by atoms with Gasteiger partial charge in [0.15, 0.2) is 0 Å². The lowest BCUT2D eigenvalue weighted by atomic mass is 10.2. The summed E-state index contributed by atoms with van der Waals surface area (Å²) >= 11 is 0. The zero-order valence-corrected chi connectivity index (χ0v) is 13.4. The van der Waals surface area contributed by atoms with Crippen LogP contribution < -0.4 is 10.1 Å². The number of aliphatic hydroxyl groups is 1. The molecule has 0 fully saturated rings. The number of amides is 1. The van der Waals surface area contributed by atoms with Crippen molar-refractivity contribution in [1.82, 2.24) is 5.32 Å². The number of nitro groups is 1. The van der Waals surface area contributed by atoms with Gasteiger partial charge in [-0.15, -0.1) is 0 Å². The van der Waals surface area contributed by atoms with Gasteiger partial charge in [-0.2, -0.15) is 0 Å². The molecule has 1 unspecified atom stereocenters. The maximum Gasteiger partial charge on any atom is 0.311 e. The molecule has 0 bridgehead atoms. The number of ether oxygens (including phenoxy) is 1. The van der Waals surface area contributed by atoms with Gasteiger partial charge in [-0.25, -0.2) is 0 Å². The number of rotatable bonds is 6. The smallest absolute Gasteiger partial charge is 0.311 e. The Kier molecular flexibility index (Phi) is 5.49. The first kappa shape index (κ1) is 17.4. The summed E-state index contributed by atoms with van der Waals surface area (Å²) in [5.74, 6) is 0.0542. The van der Waals surface area contributed by atoms with E-state index in [1.165, 1.54) is 18.2 Å². The monoisotopic (exact) mass is 330 g/mol. The number of nitrogens with zero attached hydrogens (tertiary/aromatic N) is 1. The highest BCUT2D eigenvalue weighted by atomic mass is 16.6. The molecule has 2 aromatic rings. The van der Waals surface area contributed by atoms with Gasteiger partial charge in [0.05, 0.1) is 11.0 Å². The fraction of sp³-hybridized carbons (Fsp3) is 0.235. The average molecular weight is 330 g/mol. The Morgan fingerprint density at radius 2 is 2.08 bits per heavy atom. The number of hydrogen-bond acceptors (Lipinski definition) is 5. The summed E-state index contributed by atoms with van der Waals surface area (Å²) in [6.07, 6.45) is -0.649. The second-order valence-corrected chi connectivity index (χ2v) is 5.42. The lowest BCUT2D eigenvalue weighted by Gasteiger charge is -2.10. The van der Waals surface area contributed by atoms with Crippen molar-refractivity contribution in [1.29, 1.82) is 0 Å². The molecule has 24 heavy (non-hydrogen) atoms. The Labute approximate surface area is 139 Å². The van der Waals surface area contributed by atoms with Crippen molar-refractivity contribution >= 4 is 11.6 Å². The highest BCUT2D eigenvalue weighted by Gasteiger charge is 2.16. The Bertz CT molecular complexity index is 758. The van der Waals surface area contributed by atoms with E-state index >= 15 is 0 Å². The van der Waals surface area contributed by atoms with Crippen LogP contribution >= 0.6 is 0 Å². The first-order valence-corrected chi connectivity index (χ1v) is 7.36. The van der Waals surface area contributed by atoms with Crippen LogP contribution in [-0.4, -0.2) is 28.6 Å². The van der Waals surface area contributed by atoms with Crippen LogP contribution in [0.15, 0.2) is 42.5 Å². The van der Waals surface area contributed by atoms with Gasteiger partial charge in [0.25, 0.3) is 5.91 Å². The normalized spacial score (nSPS) is 11.6. The molecule has 1 amide bonds. The third kappa shape index (κ3) is 4.53. The van der Waals surface area contributed by atoms with Crippen molar-refractivity contribution in [2.24, 2.45) is 0 Å². The van der Waals surface area contributed by atoms with Crippen LogP contribution in [0.2, 0.25) is 0 Å². The second-order valence-electron chi connectivity index (χ2n) is 5.42. The van der Waals surface area contributed by atoms with Crippen molar-refractivity contribution in [2.45, 2.75) is 20.0 Å². The number of hydrogen-bond donors (Lipinski definition) is 2. The van der Waals surface area contributed by atoms with E-state index in [1.54, 1.807) is 38.1 Å². The predicted molar refractivity (Wildman–Crippen MR) is 88.4 cm³/mol. The van der Waals surface area contributed by atoms with Crippen molar-refractivity contribution in [3.63, 3.8) is 0 Å². The fourth-order valence-electron chi connectivity index (χ4n) is 2.03. The van der Waals surface area contributed by atoms with Crippen molar-refractivity contribution in [3.05, 3.63) is 63.7 Å². The zero-order valence-electron chi connectivity index (χ0n) is 13.4. The standard InChI is InChI=1S/C17H18N2O5/c1-11-6-7-16(15(8-11)19(22)23)24-14-5-3-4-13(9-14)17(21)18-10-12(2)20/h3-9,12,20H,10H2,1-2H3,(H,18,21). The van der Waals surface area contributed by atoms with Gasteiger partial charge in [-0.05, 0) is 43.7 Å². The number of benzene rings is 2. The number of aryl methyl sites for hydroxylation is 1. The van der Waals surface area contributed by atoms with Gasteiger partial charge < -0.3 is 15.2 Å². The van der Waals surface area contributed by atoms with Crippen molar-refractivity contribution < 1.29 is 19.6 Å². The van der Waals surface area contributed by atoms with Crippen LogP contribution in [0.4, 0.5) is 5.69 Å². The van der Waals surface area contributed by atoms with Gasteiger partial charge in [0.2, 0.25) is 5.75 Å². The lowest BCUT2D eigenvalue weighted by molar-refractivity contribution is -0.385. The van der Waals surface area contributed by atoms with Gasteiger partial charge in [0, 0.05) is 18.2 Å². The fourth-order valence-corrected chi connectivity index (χ4v) is 2.03. The number of aliphatic hydroxyl groups excluding tert-OH is 1. The number of nitrogens with one attached hydrogen (secondary N) is 1. The van der Waals surface area contributed by atoms with E-state index in [1.807, 2.05) is 0 Å². The number of nitro benzene ring substituents is 1. The van der Waals surface area contributed by atoms with Crippen molar-refractivity contribution in [3.8, 4) is 11.5 Å². The molecule has 0 radical (unpaired) electrons. The summed E-state index contributed by atoms with van der Waals surface area (Å²) in [5, 5.41) is 22.9. The molecule has 0 aliphatic carbocycles. The summed E-state index contributed by atoms with van der Waals surface area (Å²) in [6, 6.07) is 11.0. The molecule has 0 aliphatic rings. The maximum absolute atomic E-state index is 12.0.